The van der Waals surface area contributed by atoms with Gasteiger partial charge in [0.15, 0.2) is 0 Å². The van der Waals surface area contributed by atoms with E-state index in [4.69, 9.17) is 4.74 Å². The van der Waals surface area contributed by atoms with Gasteiger partial charge in [0.25, 0.3) is 0 Å². The Labute approximate surface area is 79.4 Å². The zero-order valence-electron chi connectivity index (χ0n) is 8.54. The predicted octanol–water partition coefficient (Wildman–Crippen LogP) is 2.18. The van der Waals surface area contributed by atoms with Gasteiger partial charge in [0, 0.05) is 6.54 Å². The average Bonchev–Trinajstić information content (AvgIpc) is 1.80. The van der Waals surface area contributed by atoms with Crippen molar-refractivity contribution in [2.45, 2.75) is 38.8 Å². The van der Waals surface area contributed by atoms with Crippen LogP contribution >= 0.6 is 0 Å². The van der Waals surface area contributed by atoms with Crippen molar-refractivity contribution < 1.29 is 9.53 Å². The molecule has 1 saturated heterocycles. The summed E-state index contributed by atoms with van der Waals surface area (Å²) in [6.45, 7) is 10.1. The molecule has 1 aliphatic rings. The van der Waals surface area contributed by atoms with Gasteiger partial charge in [-0.25, -0.2) is 4.79 Å². The average molecular weight is 183 g/mol. The van der Waals surface area contributed by atoms with Crippen molar-refractivity contribution in [3.63, 3.8) is 0 Å². The van der Waals surface area contributed by atoms with Crippen LogP contribution < -0.4 is 0 Å². The molecule has 1 heterocycles. The molecule has 1 atom stereocenters. The number of amides is 1. The molecular formula is C10H17NO2. The van der Waals surface area contributed by atoms with Crippen LogP contribution in [0, 0.1) is 0 Å². The third kappa shape index (κ3) is 2.47. The van der Waals surface area contributed by atoms with Crippen LogP contribution in [0.1, 0.15) is 27.2 Å². The summed E-state index contributed by atoms with van der Waals surface area (Å²) < 4.78 is 5.21. The second-order valence-corrected chi connectivity index (χ2v) is 4.27. The lowest BCUT2D eigenvalue weighted by Gasteiger charge is -2.39. The van der Waals surface area contributed by atoms with Crippen molar-refractivity contribution >= 4 is 6.09 Å². The van der Waals surface area contributed by atoms with Gasteiger partial charge >= 0.3 is 6.09 Å². The fourth-order valence-corrected chi connectivity index (χ4v) is 1.20. The van der Waals surface area contributed by atoms with Crippen LogP contribution in [0.25, 0.3) is 0 Å². The smallest absolute Gasteiger partial charge is 0.410 e. The monoisotopic (exact) mass is 183 g/mol. The third-order valence-electron chi connectivity index (χ3n) is 1.97. The highest BCUT2D eigenvalue weighted by Gasteiger charge is 2.32. The van der Waals surface area contributed by atoms with Gasteiger partial charge in [-0.2, -0.15) is 0 Å². The quantitative estimate of drug-likeness (QED) is 0.583. The van der Waals surface area contributed by atoms with E-state index >= 15 is 0 Å². The topological polar surface area (TPSA) is 29.5 Å². The summed E-state index contributed by atoms with van der Waals surface area (Å²) in [5.41, 5.74) is -0.404. The first-order valence-corrected chi connectivity index (χ1v) is 4.56. The van der Waals surface area contributed by atoms with Gasteiger partial charge in [-0.15, -0.1) is 6.58 Å². The minimum absolute atomic E-state index is 0.176. The molecule has 13 heavy (non-hydrogen) atoms. The Morgan fingerprint density at radius 2 is 2.23 bits per heavy atom. The molecule has 1 fully saturated rings. The lowest BCUT2D eigenvalue weighted by atomic mass is 10.0. The number of carbonyl (C=O) groups is 1. The maximum atomic E-state index is 11.5. The molecule has 0 aromatic carbocycles. The molecule has 0 bridgehead atoms. The summed E-state index contributed by atoms with van der Waals surface area (Å²) in [4.78, 5) is 13.2. The molecule has 0 N–H and O–H groups in total. The van der Waals surface area contributed by atoms with Gasteiger partial charge in [0.2, 0.25) is 0 Å². The normalized spacial score (nSPS) is 22.1. The van der Waals surface area contributed by atoms with E-state index in [0.29, 0.717) is 0 Å². The molecular weight excluding hydrogens is 166 g/mol. The van der Waals surface area contributed by atoms with Crippen LogP contribution in [0.3, 0.4) is 0 Å². The van der Waals surface area contributed by atoms with Crippen LogP contribution in [0.15, 0.2) is 12.7 Å². The van der Waals surface area contributed by atoms with Crippen molar-refractivity contribution in [3.8, 4) is 0 Å². The molecule has 3 heteroatoms. The lowest BCUT2D eigenvalue weighted by molar-refractivity contribution is 0.00285. The van der Waals surface area contributed by atoms with Crippen LogP contribution in [0.4, 0.5) is 4.79 Å². The first-order valence-electron chi connectivity index (χ1n) is 4.56. The molecule has 0 aromatic rings. The molecule has 1 unspecified atom stereocenters. The molecule has 0 spiro atoms. The summed E-state index contributed by atoms with van der Waals surface area (Å²) >= 11 is 0. The molecule has 0 saturated carbocycles. The molecule has 1 amide bonds. The van der Waals surface area contributed by atoms with E-state index < -0.39 is 5.60 Å². The van der Waals surface area contributed by atoms with Gasteiger partial charge in [-0.1, -0.05) is 6.08 Å². The Morgan fingerprint density at radius 1 is 1.62 bits per heavy atom. The van der Waals surface area contributed by atoms with E-state index in [9.17, 15) is 4.79 Å². The Bertz CT molecular complexity index is 217. The zero-order valence-corrected chi connectivity index (χ0v) is 8.54. The summed E-state index contributed by atoms with van der Waals surface area (Å²) in [7, 11) is 0. The largest absolute Gasteiger partial charge is 0.444 e. The molecule has 0 aromatic heterocycles. The highest BCUT2D eigenvalue weighted by atomic mass is 16.6. The highest BCUT2D eigenvalue weighted by Crippen LogP contribution is 2.21. The fourth-order valence-electron chi connectivity index (χ4n) is 1.20. The first kappa shape index (κ1) is 10.1. The van der Waals surface area contributed by atoms with Crippen molar-refractivity contribution in [1.82, 2.24) is 4.90 Å². The number of ether oxygens (including phenoxy) is 1. The first-order chi connectivity index (χ1) is 5.94. The van der Waals surface area contributed by atoms with E-state index in [2.05, 4.69) is 6.58 Å². The Morgan fingerprint density at radius 3 is 2.54 bits per heavy atom. The third-order valence-corrected chi connectivity index (χ3v) is 1.97. The maximum absolute atomic E-state index is 11.5. The minimum atomic E-state index is -0.404. The van der Waals surface area contributed by atoms with Crippen molar-refractivity contribution in [2.75, 3.05) is 6.54 Å². The second kappa shape index (κ2) is 3.40. The van der Waals surface area contributed by atoms with Gasteiger partial charge in [0.1, 0.15) is 5.60 Å². The number of carbonyl (C=O) groups excluding carboxylic acids is 1. The Balaban J connectivity index is 2.45. The molecule has 1 rings (SSSR count). The Kier molecular flexibility index (Phi) is 2.64. The molecule has 1 aliphatic heterocycles. The zero-order chi connectivity index (χ0) is 10.1. The van der Waals surface area contributed by atoms with Gasteiger partial charge in [-0.05, 0) is 27.2 Å². The Hall–Kier alpha value is -0.990. The summed E-state index contributed by atoms with van der Waals surface area (Å²) in [5, 5.41) is 0. The molecule has 0 radical (unpaired) electrons. The number of nitrogens with zero attached hydrogens (tertiary/aromatic N) is 1. The summed E-state index contributed by atoms with van der Waals surface area (Å²) in [6.07, 6.45) is 2.56. The fraction of sp³-hybridized carbons (Fsp3) is 0.700. The highest BCUT2D eigenvalue weighted by molar-refractivity contribution is 5.69. The van der Waals surface area contributed by atoms with Gasteiger partial charge in [0.05, 0.1) is 6.04 Å². The molecule has 3 nitrogen and oxygen atoms in total. The van der Waals surface area contributed by atoms with Crippen LogP contribution in [0.2, 0.25) is 0 Å². The van der Waals surface area contributed by atoms with Crippen LogP contribution in [-0.2, 0) is 4.74 Å². The number of rotatable bonds is 1. The number of hydrogen-bond acceptors (Lipinski definition) is 2. The van der Waals surface area contributed by atoms with E-state index in [1.807, 2.05) is 20.8 Å². The molecule has 74 valence electrons. The van der Waals surface area contributed by atoms with Crippen molar-refractivity contribution in [2.24, 2.45) is 0 Å². The van der Waals surface area contributed by atoms with E-state index in [-0.39, 0.29) is 12.1 Å². The minimum Gasteiger partial charge on any atom is -0.444 e. The lowest BCUT2D eigenvalue weighted by Crippen LogP contribution is -2.51. The van der Waals surface area contributed by atoms with E-state index in [1.165, 1.54) is 0 Å². The van der Waals surface area contributed by atoms with E-state index in [0.717, 1.165) is 13.0 Å². The SMILES string of the molecule is C=CC1CCN1C(=O)OC(C)(C)C. The second-order valence-electron chi connectivity index (χ2n) is 4.27. The van der Waals surface area contributed by atoms with Gasteiger partial charge < -0.3 is 9.64 Å². The van der Waals surface area contributed by atoms with E-state index in [1.54, 1.807) is 11.0 Å². The van der Waals surface area contributed by atoms with Crippen molar-refractivity contribution in [3.05, 3.63) is 12.7 Å². The standard InChI is InChI=1S/C10H17NO2/c1-5-8-6-7-11(8)9(12)13-10(2,3)4/h5,8H,1,6-7H2,2-4H3. The number of likely N-dealkylation sites (tertiary alicyclic amines) is 1. The predicted molar refractivity (Wildman–Crippen MR) is 51.5 cm³/mol. The van der Waals surface area contributed by atoms with Crippen molar-refractivity contribution in [1.29, 1.82) is 0 Å². The van der Waals surface area contributed by atoms with Crippen LogP contribution in [0.5, 0.6) is 0 Å². The summed E-state index contributed by atoms with van der Waals surface area (Å²) in [6, 6.07) is 0.176. The molecule has 0 aliphatic carbocycles. The summed E-state index contributed by atoms with van der Waals surface area (Å²) in [5.74, 6) is 0. The van der Waals surface area contributed by atoms with Gasteiger partial charge in [-0.3, -0.25) is 0 Å². The van der Waals surface area contributed by atoms with Crippen LogP contribution in [-0.4, -0.2) is 29.2 Å². The number of hydrogen-bond donors (Lipinski definition) is 0. The maximum Gasteiger partial charge on any atom is 0.410 e.